The van der Waals surface area contributed by atoms with Crippen molar-refractivity contribution in [2.45, 2.75) is 96.9 Å². The van der Waals surface area contributed by atoms with Crippen LogP contribution in [0.15, 0.2) is 24.3 Å². The van der Waals surface area contributed by atoms with Gasteiger partial charge in [-0.3, -0.25) is 4.79 Å². The third-order valence-corrected chi connectivity index (χ3v) is 7.32. The Kier molecular flexibility index (Phi) is 5.24. The molecule has 3 N–H and O–H groups in total. The molecule has 0 aromatic heterocycles. The molecule has 0 amide bonds. The van der Waals surface area contributed by atoms with E-state index < -0.39 is 11.9 Å². The zero-order valence-corrected chi connectivity index (χ0v) is 18.6. The highest BCUT2D eigenvalue weighted by molar-refractivity contribution is 5.75. The van der Waals surface area contributed by atoms with Crippen LogP contribution in [0.5, 0.6) is 0 Å². The molecule has 4 bridgehead atoms. The van der Waals surface area contributed by atoms with Crippen molar-refractivity contribution >= 4 is 5.97 Å². The third-order valence-electron chi connectivity index (χ3n) is 7.32. The molecule has 0 spiro atoms. The minimum absolute atomic E-state index is 0.116. The maximum atomic E-state index is 10.8. The van der Waals surface area contributed by atoms with E-state index in [1.165, 1.54) is 44.1 Å². The van der Waals surface area contributed by atoms with E-state index in [0.29, 0.717) is 10.8 Å². The lowest BCUT2D eigenvalue weighted by atomic mass is 9.43. The number of aliphatic carboxylic acids is 1. The fourth-order valence-electron chi connectivity index (χ4n) is 6.95. The molecule has 4 aliphatic rings. The summed E-state index contributed by atoms with van der Waals surface area (Å²) < 4.78 is 0. The van der Waals surface area contributed by atoms with Crippen molar-refractivity contribution in [3.63, 3.8) is 0 Å². The Morgan fingerprint density at radius 2 is 1.54 bits per heavy atom. The Morgan fingerprint density at radius 1 is 1.04 bits per heavy atom. The van der Waals surface area contributed by atoms with Crippen molar-refractivity contribution in [1.29, 1.82) is 0 Å². The Labute approximate surface area is 171 Å². The fourth-order valence-corrected chi connectivity index (χ4v) is 6.95. The van der Waals surface area contributed by atoms with Crippen molar-refractivity contribution in [2.75, 3.05) is 0 Å². The average molecular weight is 386 g/mol. The van der Waals surface area contributed by atoms with Crippen molar-refractivity contribution in [2.24, 2.45) is 22.5 Å². The van der Waals surface area contributed by atoms with E-state index >= 15 is 0 Å². The van der Waals surface area contributed by atoms with Crippen LogP contribution in [0.2, 0.25) is 0 Å². The number of nitrogens with two attached hydrogens (primary N) is 1. The molecule has 4 saturated carbocycles. The molecule has 3 heteroatoms. The Balaban J connectivity index is 0.000000162. The van der Waals surface area contributed by atoms with E-state index in [2.05, 4.69) is 34.6 Å². The normalized spacial score (nSPS) is 37.2. The quantitative estimate of drug-likeness (QED) is 0.669. The van der Waals surface area contributed by atoms with Crippen LogP contribution in [-0.2, 0) is 10.2 Å². The first-order valence-corrected chi connectivity index (χ1v) is 10.8. The monoisotopic (exact) mass is 385 g/mol. The number of hydrogen-bond acceptors (Lipinski definition) is 2. The maximum Gasteiger partial charge on any atom is 0.310 e. The van der Waals surface area contributed by atoms with Gasteiger partial charge in [-0.05, 0) is 78.7 Å². The zero-order chi connectivity index (χ0) is 21.0. The van der Waals surface area contributed by atoms with E-state index in [0.717, 1.165) is 11.5 Å². The molecule has 4 fully saturated rings. The van der Waals surface area contributed by atoms with Gasteiger partial charge in [-0.25, -0.2) is 0 Å². The average Bonchev–Trinajstić information content (AvgIpc) is 2.49. The minimum atomic E-state index is -0.779. The molecule has 0 aliphatic heterocycles. The molecule has 3 nitrogen and oxygen atoms in total. The van der Waals surface area contributed by atoms with Gasteiger partial charge in [0.2, 0.25) is 0 Å². The molecule has 0 heterocycles. The summed E-state index contributed by atoms with van der Waals surface area (Å²) in [4.78, 5) is 10.8. The molecule has 2 unspecified atom stereocenters. The van der Waals surface area contributed by atoms with Crippen LogP contribution in [0.4, 0.5) is 0 Å². The van der Waals surface area contributed by atoms with Crippen LogP contribution >= 0.6 is 0 Å². The molecule has 5 atom stereocenters. The van der Waals surface area contributed by atoms with Gasteiger partial charge in [0.05, 0.1) is 5.92 Å². The molecule has 4 aliphatic carbocycles. The highest BCUT2D eigenvalue weighted by Gasteiger charge is 2.58. The second-order valence-corrected chi connectivity index (χ2v) is 11.9. The van der Waals surface area contributed by atoms with Crippen LogP contribution in [0.3, 0.4) is 0 Å². The first-order chi connectivity index (χ1) is 12.7. The smallest absolute Gasteiger partial charge is 0.310 e. The summed E-state index contributed by atoms with van der Waals surface area (Å²) in [6, 6.07) is 7.82. The molecular formula is C25H39NO2. The summed E-state index contributed by atoms with van der Waals surface area (Å²) in [5, 5.41) is 8.86. The lowest BCUT2D eigenvalue weighted by Crippen LogP contribution is -2.62. The predicted molar refractivity (Wildman–Crippen MR) is 116 cm³/mol. The molecule has 1 aromatic carbocycles. The Hall–Kier alpha value is -1.35. The van der Waals surface area contributed by atoms with E-state index in [1.54, 1.807) is 6.92 Å². The Morgan fingerprint density at radius 3 is 1.89 bits per heavy atom. The van der Waals surface area contributed by atoms with Crippen molar-refractivity contribution in [1.82, 2.24) is 0 Å². The van der Waals surface area contributed by atoms with Gasteiger partial charge >= 0.3 is 5.97 Å². The summed E-state index contributed by atoms with van der Waals surface area (Å²) in [7, 11) is 0. The van der Waals surface area contributed by atoms with Crippen LogP contribution in [0.1, 0.15) is 97.1 Å². The number of carboxylic acids is 1. The second kappa shape index (κ2) is 6.86. The van der Waals surface area contributed by atoms with E-state index in [-0.39, 0.29) is 11.0 Å². The predicted octanol–water partition coefficient (Wildman–Crippen LogP) is 5.87. The van der Waals surface area contributed by atoms with Crippen LogP contribution < -0.4 is 5.73 Å². The van der Waals surface area contributed by atoms with Crippen molar-refractivity contribution in [3.05, 3.63) is 35.4 Å². The SMILES string of the molecule is C[C@H](C(=O)O)c1ccc(C(C)(C)C)cc1.C[C@]12CC3CC(N)(C1)C[C@@](C)(C3)C2. The number of rotatable bonds is 2. The van der Waals surface area contributed by atoms with Gasteiger partial charge < -0.3 is 10.8 Å². The van der Waals surface area contributed by atoms with Crippen molar-refractivity contribution in [3.8, 4) is 0 Å². The summed E-state index contributed by atoms with van der Waals surface area (Å²) in [5.74, 6) is -0.256. The van der Waals surface area contributed by atoms with E-state index in [4.69, 9.17) is 10.8 Å². The van der Waals surface area contributed by atoms with Crippen LogP contribution in [0, 0.1) is 16.7 Å². The molecule has 0 saturated heterocycles. The standard InChI is InChI=1S/C13H18O2.C12H21N/c1-9(12(14)15)10-5-7-11(8-6-10)13(2,3)4;1-10-3-9-4-11(2,6-10)8-12(13,5-9)7-10/h5-9H,1-4H3,(H,14,15);9H,3-8,13H2,1-2H3/t9-;9?,10-,11+,12?/m0./s1. The summed E-state index contributed by atoms with van der Waals surface area (Å²) in [5.41, 5.74) is 10.1. The van der Waals surface area contributed by atoms with E-state index in [9.17, 15) is 4.79 Å². The Bertz CT molecular complexity index is 679. The van der Waals surface area contributed by atoms with Gasteiger partial charge in [-0.1, -0.05) is 58.9 Å². The molecule has 0 radical (unpaired) electrons. The number of carbonyl (C=O) groups is 1. The largest absolute Gasteiger partial charge is 0.481 e. The molecule has 28 heavy (non-hydrogen) atoms. The lowest BCUT2D eigenvalue weighted by Gasteiger charge is -2.64. The second-order valence-electron chi connectivity index (χ2n) is 11.9. The molecule has 1 aromatic rings. The van der Waals surface area contributed by atoms with Gasteiger partial charge in [-0.2, -0.15) is 0 Å². The van der Waals surface area contributed by atoms with Gasteiger partial charge in [0.1, 0.15) is 0 Å². The summed E-state index contributed by atoms with van der Waals surface area (Å²) in [6.45, 7) is 13.1. The van der Waals surface area contributed by atoms with Crippen molar-refractivity contribution < 1.29 is 9.90 Å². The van der Waals surface area contributed by atoms with Gasteiger partial charge in [0.15, 0.2) is 0 Å². The zero-order valence-electron chi connectivity index (χ0n) is 18.6. The topological polar surface area (TPSA) is 63.3 Å². The molecule has 5 rings (SSSR count). The third kappa shape index (κ3) is 4.45. The number of benzene rings is 1. The lowest BCUT2D eigenvalue weighted by molar-refractivity contribution is -0.138. The number of hydrogen-bond donors (Lipinski definition) is 2. The van der Waals surface area contributed by atoms with Crippen LogP contribution in [0.25, 0.3) is 0 Å². The summed E-state index contributed by atoms with van der Waals surface area (Å²) >= 11 is 0. The van der Waals surface area contributed by atoms with Gasteiger partial charge in [0, 0.05) is 5.54 Å². The molecule has 156 valence electrons. The van der Waals surface area contributed by atoms with Gasteiger partial charge in [0.25, 0.3) is 0 Å². The van der Waals surface area contributed by atoms with E-state index in [1.807, 2.05) is 24.3 Å². The highest BCUT2D eigenvalue weighted by atomic mass is 16.4. The first kappa shape index (κ1) is 21.4. The molecular weight excluding hydrogens is 346 g/mol. The number of carboxylic acid groups (broad SMARTS) is 1. The summed E-state index contributed by atoms with van der Waals surface area (Å²) in [6.07, 6.45) is 8.27. The van der Waals surface area contributed by atoms with Crippen LogP contribution in [-0.4, -0.2) is 16.6 Å². The maximum absolute atomic E-state index is 10.8. The fraction of sp³-hybridized carbons (Fsp3) is 0.720. The minimum Gasteiger partial charge on any atom is -0.481 e. The van der Waals surface area contributed by atoms with Gasteiger partial charge in [-0.15, -0.1) is 0 Å². The first-order valence-electron chi connectivity index (χ1n) is 10.8. The highest BCUT2D eigenvalue weighted by Crippen LogP contribution is 2.65.